The number of hydrogen-bond donors (Lipinski definition) is 2. The summed E-state index contributed by atoms with van der Waals surface area (Å²) < 4.78 is 16.5. The molecule has 2 fully saturated rings. The Morgan fingerprint density at radius 3 is 2.67 bits per heavy atom. The first-order valence-corrected chi connectivity index (χ1v) is 8.52. The van der Waals surface area contributed by atoms with Crippen LogP contribution in [0.4, 0.5) is 4.79 Å². The number of carbonyl (C=O) groups excluding carboxylic acids is 1. The van der Waals surface area contributed by atoms with Crippen LogP contribution in [-0.2, 0) is 20.8 Å². The highest BCUT2D eigenvalue weighted by atomic mass is 16.7. The van der Waals surface area contributed by atoms with Crippen molar-refractivity contribution in [3.63, 3.8) is 0 Å². The minimum absolute atomic E-state index is 0.0999. The molecular weight excluding hydrogens is 308 g/mol. The molecule has 0 aromatic heterocycles. The summed E-state index contributed by atoms with van der Waals surface area (Å²) in [5, 5.41) is 6.36. The molecule has 24 heavy (non-hydrogen) atoms. The maximum absolute atomic E-state index is 11.8. The number of benzene rings is 1. The zero-order chi connectivity index (χ0) is 17.0. The van der Waals surface area contributed by atoms with E-state index in [1.54, 1.807) is 0 Å². The van der Waals surface area contributed by atoms with Gasteiger partial charge in [0.15, 0.2) is 5.79 Å². The van der Waals surface area contributed by atoms with Gasteiger partial charge in [0.2, 0.25) is 0 Å². The Morgan fingerprint density at radius 2 is 2.00 bits per heavy atom. The maximum atomic E-state index is 11.8. The predicted octanol–water partition coefficient (Wildman–Crippen LogP) is 2.18. The lowest BCUT2D eigenvalue weighted by Crippen LogP contribution is -2.53. The van der Waals surface area contributed by atoms with Crippen molar-refractivity contribution in [1.82, 2.24) is 10.6 Å². The molecule has 1 aliphatic heterocycles. The van der Waals surface area contributed by atoms with Gasteiger partial charge < -0.3 is 24.8 Å². The van der Waals surface area contributed by atoms with Gasteiger partial charge in [0.1, 0.15) is 6.61 Å². The molecule has 6 nitrogen and oxygen atoms in total. The van der Waals surface area contributed by atoms with Crippen LogP contribution in [0.25, 0.3) is 0 Å². The van der Waals surface area contributed by atoms with Crippen molar-refractivity contribution in [2.24, 2.45) is 0 Å². The van der Waals surface area contributed by atoms with Crippen molar-refractivity contribution in [3.8, 4) is 0 Å². The summed E-state index contributed by atoms with van der Waals surface area (Å²) in [6, 6.07) is 10.3. The van der Waals surface area contributed by atoms with E-state index in [9.17, 15) is 4.79 Å². The second kappa shape index (κ2) is 7.51. The molecular formula is C18H26N2O4. The average molecular weight is 334 g/mol. The first kappa shape index (κ1) is 17.2. The van der Waals surface area contributed by atoms with E-state index >= 15 is 0 Å². The Morgan fingerprint density at radius 1 is 1.25 bits per heavy atom. The van der Waals surface area contributed by atoms with Crippen LogP contribution in [-0.4, -0.2) is 43.2 Å². The van der Waals surface area contributed by atoms with Crippen LogP contribution in [0.5, 0.6) is 0 Å². The molecule has 6 heteroatoms. The number of carbonyl (C=O) groups is 1. The molecule has 132 valence electrons. The van der Waals surface area contributed by atoms with Crippen LogP contribution in [0.2, 0.25) is 0 Å². The van der Waals surface area contributed by atoms with E-state index in [0.717, 1.165) is 24.9 Å². The molecule has 2 aliphatic rings. The highest BCUT2D eigenvalue weighted by Crippen LogP contribution is 2.24. The Bertz CT molecular complexity index is 543. The number of amides is 1. The first-order valence-electron chi connectivity index (χ1n) is 8.52. The number of rotatable bonds is 6. The SMILES string of the molecule is CC1(C)OCC(CNC2CC(NC(=O)OCc3ccccc3)C2)O1. The number of nitrogens with one attached hydrogen (secondary N) is 2. The lowest BCUT2D eigenvalue weighted by molar-refractivity contribution is -0.138. The third kappa shape index (κ3) is 4.93. The molecule has 0 radical (unpaired) electrons. The molecule has 1 aromatic carbocycles. The molecule has 1 aromatic rings. The summed E-state index contributed by atoms with van der Waals surface area (Å²) in [4.78, 5) is 11.8. The van der Waals surface area contributed by atoms with Gasteiger partial charge in [-0.15, -0.1) is 0 Å². The molecule has 1 atom stereocenters. The zero-order valence-corrected chi connectivity index (χ0v) is 14.3. The largest absolute Gasteiger partial charge is 0.445 e. The van der Waals surface area contributed by atoms with E-state index < -0.39 is 5.79 Å². The molecule has 1 heterocycles. The van der Waals surface area contributed by atoms with Crippen molar-refractivity contribution < 1.29 is 19.0 Å². The Balaban J connectivity index is 1.26. The van der Waals surface area contributed by atoms with E-state index in [-0.39, 0.29) is 18.2 Å². The van der Waals surface area contributed by atoms with E-state index in [4.69, 9.17) is 14.2 Å². The average Bonchev–Trinajstić information content (AvgIpc) is 2.87. The topological polar surface area (TPSA) is 68.8 Å². The quantitative estimate of drug-likeness (QED) is 0.835. The number of ether oxygens (including phenoxy) is 3. The minimum atomic E-state index is -0.474. The van der Waals surface area contributed by atoms with Crippen LogP contribution in [0.15, 0.2) is 30.3 Å². The maximum Gasteiger partial charge on any atom is 0.407 e. The third-order valence-corrected chi connectivity index (χ3v) is 4.37. The molecule has 1 aliphatic carbocycles. The summed E-state index contributed by atoms with van der Waals surface area (Å²) in [5.74, 6) is -0.474. The zero-order valence-electron chi connectivity index (χ0n) is 14.3. The standard InChI is InChI=1S/C18H26N2O4/c1-18(2)23-12-16(24-18)10-19-14-8-15(9-14)20-17(21)22-11-13-6-4-3-5-7-13/h3-7,14-16,19H,8-12H2,1-2H3,(H,20,21). The number of hydrogen-bond acceptors (Lipinski definition) is 5. The molecule has 1 saturated carbocycles. The fraction of sp³-hybridized carbons (Fsp3) is 0.611. The van der Waals surface area contributed by atoms with E-state index in [0.29, 0.717) is 19.3 Å². The first-order chi connectivity index (χ1) is 11.5. The van der Waals surface area contributed by atoms with E-state index in [2.05, 4.69) is 10.6 Å². The summed E-state index contributed by atoms with van der Waals surface area (Å²) in [7, 11) is 0. The van der Waals surface area contributed by atoms with Crippen LogP contribution in [0, 0.1) is 0 Å². The lowest BCUT2D eigenvalue weighted by atomic mass is 9.87. The van der Waals surface area contributed by atoms with Crippen molar-refractivity contribution in [3.05, 3.63) is 35.9 Å². The molecule has 3 rings (SSSR count). The highest BCUT2D eigenvalue weighted by molar-refractivity contribution is 5.67. The molecule has 2 N–H and O–H groups in total. The van der Waals surface area contributed by atoms with Crippen LogP contribution in [0.1, 0.15) is 32.3 Å². The summed E-state index contributed by atoms with van der Waals surface area (Å²) in [5.41, 5.74) is 0.988. The van der Waals surface area contributed by atoms with Gasteiger partial charge in [-0.3, -0.25) is 0 Å². The van der Waals surface area contributed by atoms with Gasteiger partial charge >= 0.3 is 6.09 Å². The van der Waals surface area contributed by atoms with Gasteiger partial charge in [-0.25, -0.2) is 4.79 Å². The number of alkyl carbamates (subject to hydrolysis) is 1. The monoisotopic (exact) mass is 334 g/mol. The summed E-state index contributed by atoms with van der Waals surface area (Å²) in [6.07, 6.45) is 1.58. The van der Waals surface area contributed by atoms with Crippen molar-refractivity contribution in [1.29, 1.82) is 0 Å². The van der Waals surface area contributed by atoms with Crippen molar-refractivity contribution >= 4 is 6.09 Å². The lowest BCUT2D eigenvalue weighted by Gasteiger charge is -2.36. The second-order valence-corrected chi connectivity index (χ2v) is 6.93. The van der Waals surface area contributed by atoms with Crippen LogP contribution < -0.4 is 10.6 Å². The van der Waals surface area contributed by atoms with Gasteiger partial charge in [-0.2, -0.15) is 0 Å². The van der Waals surface area contributed by atoms with Crippen molar-refractivity contribution in [2.45, 2.75) is 57.3 Å². The fourth-order valence-electron chi connectivity index (χ4n) is 3.00. The van der Waals surface area contributed by atoms with Crippen LogP contribution >= 0.6 is 0 Å². The van der Waals surface area contributed by atoms with Gasteiger partial charge in [-0.1, -0.05) is 30.3 Å². The molecule has 1 saturated heterocycles. The summed E-state index contributed by atoms with van der Waals surface area (Å²) in [6.45, 7) is 5.56. The smallest absolute Gasteiger partial charge is 0.407 e. The molecule has 0 bridgehead atoms. The van der Waals surface area contributed by atoms with E-state index in [1.807, 2.05) is 44.2 Å². The van der Waals surface area contributed by atoms with Crippen molar-refractivity contribution in [2.75, 3.05) is 13.2 Å². The molecule has 1 amide bonds. The fourth-order valence-corrected chi connectivity index (χ4v) is 3.00. The van der Waals surface area contributed by atoms with Gasteiger partial charge in [0.05, 0.1) is 12.7 Å². The van der Waals surface area contributed by atoms with E-state index in [1.165, 1.54) is 0 Å². The Kier molecular flexibility index (Phi) is 5.38. The van der Waals surface area contributed by atoms with Crippen LogP contribution in [0.3, 0.4) is 0 Å². The second-order valence-electron chi connectivity index (χ2n) is 6.93. The van der Waals surface area contributed by atoms with Gasteiger partial charge in [0.25, 0.3) is 0 Å². The van der Waals surface area contributed by atoms with Gasteiger partial charge in [0, 0.05) is 18.6 Å². The summed E-state index contributed by atoms with van der Waals surface area (Å²) >= 11 is 0. The highest BCUT2D eigenvalue weighted by Gasteiger charge is 2.35. The molecule has 1 unspecified atom stereocenters. The predicted molar refractivity (Wildman–Crippen MR) is 89.5 cm³/mol. The minimum Gasteiger partial charge on any atom is -0.445 e. The normalized spacial score (nSPS) is 28.2. The van der Waals surface area contributed by atoms with Gasteiger partial charge in [-0.05, 0) is 32.3 Å². The third-order valence-electron chi connectivity index (χ3n) is 4.37. The molecule has 0 spiro atoms. The Hall–Kier alpha value is -1.63. The Labute approximate surface area is 142 Å².